The largest absolute Gasteiger partial charge is 0.279 e. The van der Waals surface area contributed by atoms with Crippen molar-refractivity contribution in [1.29, 1.82) is 0 Å². The summed E-state index contributed by atoms with van der Waals surface area (Å²) < 4.78 is 0. The number of thioether (sulfide) groups is 1. The maximum Gasteiger partial charge on any atom is 0.267 e. The molecule has 5 heteroatoms. The van der Waals surface area contributed by atoms with E-state index in [9.17, 15) is 4.79 Å². The van der Waals surface area contributed by atoms with E-state index in [0.717, 1.165) is 16.1 Å². The zero-order chi connectivity index (χ0) is 19.5. The van der Waals surface area contributed by atoms with Crippen molar-refractivity contribution in [3.05, 3.63) is 93.0 Å². The summed E-state index contributed by atoms with van der Waals surface area (Å²) in [5.74, 6) is 0.00355. The second-order valence-corrected chi connectivity index (χ2v) is 8.53. The molecule has 1 fully saturated rings. The summed E-state index contributed by atoms with van der Waals surface area (Å²) in [6.45, 7) is 4.12. The molecular formula is C23H20N2OS2. The number of nitrogens with zero attached hydrogens (tertiary/aromatic N) is 2. The van der Waals surface area contributed by atoms with Gasteiger partial charge in [0.1, 0.15) is 0 Å². The van der Waals surface area contributed by atoms with Crippen LogP contribution in [0.2, 0.25) is 0 Å². The third-order valence-corrected chi connectivity index (χ3v) is 6.60. The molecule has 140 valence electrons. The number of para-hydroxylation sites is 1. The Balaban J connectivity index is 1.75. The van der Waals surface area contributed by atoms with Crippen LogP contribution in [0.1, 0.15) is 29.0 Å². The highest BCUT2D eigenvalue weighted by Crippen LogP contribution is 2.39. The molecule has 0 bridgehead atoms. The minimum absolute atomic E-state index is 0.00355. The molecule has 0 N–H and O–H groups in total. The first-order valence-electron chi connectivity index (χ1n) is 9.09. The van der Waals surface area contributed by atoms with Crippen LogP contribution >= 0.6 is 23.1 Å². The molecule has 1 aliphatic rings. The Morgan fingerprint density at radius 3 is 2.32 bits per heavy atom. The molecule has 0 radical (unpaired) electrons. The summed E-state index contributed by atoms with van der Waals surface area (Å²) in [5, 5.41) is 2.77. The molecule has 1 aromatic heterocycles. The SMILES string of the molecule is Cc1ccsc1/C=C1/SC(=Nc2ccccc2)N([C@H](C)c2ccccc2)C1=O. The number of aliphatic imine (C=N–C) groups is 1. The number of aryl methyl sites for hydroxylation is 1. The Morgan fingerprint density at radius 2 is 1.68 bits per heavy atom. The van der Waals surface area contributed by atoms with Crippen molar-refractivity contribution in [3.63, 3.8) is 0 Å². The Bertz CT molecular complexity index is 1040. The fourth-order valence-electron chi connectivity index (χ4n) is 3.05. The maximum absolute atomic E-state index is 13.3. The van der Waals surface area contributed by atoms with E-state index in [1.807, 2.05) is 78.6 Å². The first-order chi connectivity index (χ1) is 13.6. The average molecular weight is 405 g/mol. The smallest absolute Gasteiger partial charge is 0.267 e. The standard InChI is InChI=1S/C23H20N2OS2/c1-16-13-14-27-20(16)15-21-22(26)25(17(2)18-9-5-3-6-10-18)23(28-21)24-19-11-7-4-8-12-19/h3-15,17H,1-2H3/b21-15+,24-23?/t17-/m1/s1. The molecule has 1 atom stereocenters. The molecule has 3 nitrogen and oxygen atoms in total. The quantitative estimate of drug-likeness (QED) is 0.470. The van der Waals surface area contributed by atoms with Gasteiger partial charge in [0.2, 0.25) is 0 Å². The number of hydrogen-bond donors (Lipinski definition) is 0. The van der Waals surface area contributed by atoms with Crippen molar-refractivity contribution in [2.75, 3.05) is 0 Å². The molecule has 3 aromatic rings. The Morgan fingerprint density at radius 1 is 1.00 bits per heavy atom. The fourth-order valence-corrected chi connectivity index (χ4v) is 5.03. The minimum atomic E-state index is -0.0982. The molecule has 4 rings (SSSR count). The number of rotatable bonds is 4. The van der Waals surface area contributed by atoms with E-state index < -0.39 is 0 Å². The van der Waals surface area contributed by atoms with Crippen LogP contribution in [0.4, 0.5) is 5.69 Å². The highest BCUT2D eigenvalue weighted by atomic mass is 32.2. The third-order valence-electron chi connectivity index (χ3n) is 4.65. The fraction of sp³-hybridized carbons (Fsp3) is 0.130. The lowest BCUT2D eigenvalue weighted by Crippen LogP contribution is -2.32. The van der Waals surface area contributed by atoms with Gasteiger partial charge in [-0.3, -0.25) is 9.69 Å². The van der Waals surface area contributed by atoms with Crippen LogP contribution in [-0.4, -0.2) is 16.0 Å². The van der Waals surface area contributed by atoms with Gasteiger partial charge in [-0.15, -0.1) is 11.3 Å². The summed E-state index contributed by atoms with van der Waals surface area (Å²) >= 11 is 3.10. The minimum Gasteiger partial charge on any atom is -0.279 e. The van der Waals surface area contributed by atoms with Crippen LogP contribution in [0, 0.1) is 6.92 Å². The van der Waals surface area contributed by atoms with Gasteiger partial charge in [0, 0.05) is 4.88 Å². The van der Waals surface area contributed by atoms with Crippen molar-refractivity contribution < 1.29 is 4.79 Å². The molecule has 2 aromatic carbocycles. The van der Waals surface area contributed by atoms with Crippen LogP contribution in [-0.2, 0) is 4.79 Å². The molecule has 0 spiro atoms. The normalized spacial score (nSPS) is 18.2. The number of benzene rings is 2. The molecule has 28 heavy (non-hydrogen) atoms. The highest BCUT2D eigenvalue weighted by molar-refractivity contribution is 8.18. The Hall–Kier alpha value is -2.63. The van der Waals surface area contributed by atoms with Crippen LogP contribution in [0.5, 0.6) is 0 Å². The molecule has 0 unspecified atom stereocenters. The lowest BCUT2D eigenvalue weighted by Gasteiger charge is -2.24. The van der Waals surface area contributed by atoms with E-state index in [2.05, 4.69) is 18.4 Å². The number of hydrogen-bond acceptors (Lipinski definition) is 4. The lowest BCUT2D eigenvalue weighted by atomic mass is 10.1. The average Bonchev–Trinajstić information content (AvgIpc) is 3.26. The van der Waals surface area contributed by atoms with E-state index >= 15 is 0 Å². The van der Waals surface area contributed by atoms with Gasteiger partial charge in [-0.1, -0.05) is 48.5 Å². The van der Waals surface area contributed by atoms with Gasteiger partial charge in [-0.2, -0.15) is 0 Å². The van der Waals surface area contributed by atoms with Crippen LogP contribution in [0.3, 0.4) is 0 Å². The Labute approximate surface area is 173 Å². The van der Waals surface area contributed by atoms with Crippen LogP contribution < -0.4 is 0 Å². The number of carbonyl (C=O) groups is 1. The summed E-state index contributed by atoms with van der Waals surface area (Å²) in [6, 6.07) is 21.8. The first kappa shape index (κ1) is 18.7. The second-order valence-electron chi connectivity index (χ2n) is 6.57. The van der Waals surface area contributed by atoms with Crippen molar-refractivity contribution in [1.82, 2.24) is 4.90 Å². The van der Waals surface area contributed by atoms with Gasteiger partial charge in [0.25, 0.3) is 5.91 Å². The monoisotopic (exact) mass is 404 g/mol. The van der Waals surface area contributed by atoms with Gasteiger partial charge >= 0.3 is 0 Å². The van der Waals surface area contributed by atoms with Crippen molar-refractivity contribution in [2.45, 2.75) is 19.9 Å². The number of amidine groups is 1. The summed E-state index contributed by atoms with van der Waals surface area (Å²) in [6.07, 6.45) is 1.99. The predicted molar refractivity (Wildman–Crippen MR) is 120 cm³/mol. The Kier molecular flexibility index (Phi) is 5.46. The number of amides is 1. The lowest BCUT2D eigenvalue weighted by molar-refractivity contribution is -0.123. The van der Waals surface area contributed by atoms with Crippen LogP contribution in [0.15, 0.2) is 82.0 Å². The van der Waals surface area contributed by atoms with E-state index in [4.69, 9.17) is 4.99 Å². The molecule has 1 saturated heterocycles. The van der Waals surface area contributed by atoms with E-state index in [-0.39, 0.29) is 11.9 Å². The zero-order valence-corrected chi connectivity index (χ0v) is 17.3. The van der Waals surface area contributed by atoms with E-state index in [0.29, 0.717) is 10.1 Å². The third kappa shape index (κ3) is 3.81. The topological polar surface area (TPSA) is 32.7 Å². The molecule has 1 aliphatic heterocycles. The first-order valence-corrected chi connectivity index (χ1v) is 10.8. The van der Waals surface area contributed by atoms with E-state index in [1.54, 1.807) is 11.3 Å². The van der Waals surface area contributed by atoms with Gasteiger partial charge in [0.15, 0.2) is 5.17 Å². The van der Waals surface area contributed by atoms with Gasteiger partial charge < -0.3 is 0 Å². The van der Waals surface area contributed by atoms with Gasteiger partial charge in [-0.25, -0.2) is 4.99 Å². The summed E-state index contributed by atoms with van der Waals surface area (Å²) in [4.78, 5) is 21.7. The van der Waals surface area contributed by atoms with Crippen molar-refractivity contribution in [3.8, 4) is 0 Å². The second kappa shape index (κ2) is 8.17. The van der Waals surface area contributed by atoms with Crippen molar-refractivity contribution in [2.24, 2.45) is 4.99 Å². The highest BCUT2D eigenvalue weighted by Gasteiger charge is 2.37. The number of thiophene rings is 1. The number of carbonyl (C=O) groups excluding carboxylic acids is 1. The molecule has 1 amide bonds. The molecule has 0 saturated carbocycles. The van der Waals surface area contributed by atoms with Gasteiger partial charge in [0.05, 0.1) is 16.6 Å². The van der Waals surface area contributed by atoms with Gasteiger partial charge in [-0.05, 0) is 66.4 Å². The summed E-state index contributed by atoms with van der Waals surface area (Å²) in [5.41, 5.74) is 3.12. The van der Waals surface area contributed by atoms with E-state index in [1.165, 1.54) is 17.3 Å². The van der Waals surface area contributed by atoms with Crippen molar-refractivity contribution >= 4 is 45.9 Å². The zero-order valence-electron chi connectivity index (χ0n) is 15.7. The molecule has 2 heterocycles. The molecule has 0 aliphatic carbocycles. The summed E-state index contributed by atoms with van der Waals surface area (Å²) in [7, 11) is 0. The van der Waals surface area contributed by atoms with Crippen LogP contribution in [0.25, 0.3) is 6.08 Å². The maximum atomic E-state index is 13.3. The predicted octanol–water partition coefficient (Wildman–Crippen LogP) is 6.42. The molecular weight excluding hydrogens is 384 g/mol.